The molecule has 1 saturated heterocycles. The van der Waals surface area contributed by atoms with Crippen LogP contribution in [-0.4, -0.2) is 18.6 Å². The van der Waals surface area contributed by atoms with E-state index in [1.807, 2.05) is 0 Å². The quantitative estimate of drug-likeness (QED) is 0.852. The minimum Gasteiger partial charge on any atom is -0.372 e. The molecular formula is C19H32N2. The maximum absolute atomic E-state index is 3.54. The van der Waals surface area contributed by atoms with Gasteiger partial charge in [-0.2, -0.15) is 0 Å². The molecule has 0 atom stereocenters. The normalized spacial score (nSPS) is 17.2. The Bertz CT molecular complexity index is 408. The molecule has 0 unspecified atom stereocenters. The lowest BCUT2D eigenvalue weighted by atomic mass is 9.92. The molecule has 2 heteroatoms. The Morgan fingerprint density at radius 1 is 1.10 bits per heavy atom. The van der Waals surface area contributed by atoms with E-state index < -0.39 is 0 Å². The Morgan fingerprint density at radius 2 is 1.71 bits per heavy atom. The van der Waals surface area contributed by atoms with Crippen LogP contribution >= 0.6 is 0 Å². The fourth-order valence-electron chi connectivity index (χ4n) is 3.08. The Kier molecular flexibility index (Phi) is 5.69. The molecule has 1 heterocycles. The summed E-state index contributed by atoms with van der Waals surface area (Å²) in [5.41, 5.74) is 2.94. The van der Waals surface area contributed by atoms with Gasteiger partial charge >= 0.3 is 0 Å². The van der Waals surface area contributed by atoms with Gasteiger partial charge in [-0.05, 0) is 57.2 Å². The van der Waals surface area contributed by atoms with Crippen molar-refractivity contribution in [1.82, 2.24) is 5.32 Å². The van der Waals surface area contributed by atoms with E-state index in [0.717, 1.165) is 12.5 Å². The molecule has 0 aliphatic carbocycles. The molecule has 1 aromatic carbocycles. The van der Waals surface area contributed by atoms with Crippen molar-refractivity contribution in [3.63, 3.8) is 0 Å². The summed E-state index contributed by atoms with van der Waals surface area (Å²) in [7, 11) is 0. The van der Waals surface area contributed by atoms with Gasteiger partial charge in [-0.15, -0.1) is 0 Å². The van der Waals surface area contributed by atoms with E-state index >= 15 is 0 Å². The van der Waals surface area contributed by atoms with Crippen LogP contribution in [0.1, 0.15) is 58.9 Å². The summed E-state index contributed by atoms with van der Waals surface area (Å²) >= 11 is 0. The van der Waals surface area contributed by atoms with Crippen LogP contribution in [0.4, 0.5) is 5.69 Å². The molecule has 0 radical (unpaired) electrons. The predicted molar refractivity (Wildman–Crippen MR) is 92.9 cm³/mol. The number of nitrogens with one attached hydrogen (secondary N) is 1. The molecule has 0 bridgehead atoms. The van der Waals surface area contributed by atoms with Gasteiger partial charge in [-0.1, -0.05) is 31.9 Å². The second kappa shape index (κ2) is 7.31. The van der Waals surface area contributed by atoms with Gasteiger partial charge in [0.25, 0.3) is 0 Å². The highest BCUT2D eigenvalue weighted by molar-refractivity contribution is 5.48. The lowest BCUT2D eigenvalue weighted by molar-refractivity contribution is 0.378. The molecule has 1 aliphatic heterocycles. The number of anilines is 1. The van der Waals surface area contributed by atoms with Gasteiger partial charge in [-0.25, -0.2) is 0 Å². The third-order valence-electron chi connectivity index (χ3n) is 4.44. The zero-order valence-electron chi connectivity index (χ0n) is 14.3. The third kappa shape index (κ3) is 5.35. The standard InChI is InChI=1S/C19H32N2/c1-5-6-16-11-13-21(14-12-16)18-9-7-17(8-10-18)15-20-19(2,3)4/h7-10,16,20H,5-6,11-15H2,1-4H3. The molecule has 0 saturated carbocycles. The molecule has 0 amide bonds. The van der Waals surface area contributed by atoms with Gasteiger partial charge < -0.3 is 10.2 Å². The fraction of sp³-hybridized carbons (Fsp3) is 0.684. The van der Waals surface area contributed by atoms with E-state index in [1.165, 1.54) is 50.0 Å². The molecule has 1 N–H and O–H groups in total. The summed E-state index contributed by atoms with van der Waals surface area (Å²) in [6.07, 6.45) is 5.47. The summed E-state index contributed by atoms with van der Waals surface area (Å²) in [5.74, 6) is 0.960. The van der Waals surface area contributed by atoms with Crippen LogP contribution in [0.5, 0.6) is 0 Å². The first-order valence-corrected chi connectivity index (χ1v) is 8.57. The molecule has 2 rings (SSSR count). The minimum absolute atomic E-state index is 0.180. The number of rotatable bonds is 5. The van der Waals surface area contributed by atoms with Crippen molar-refractivity contribution >= 4 is 5.69 Å². The number of nitrogens with zero attached hydrogens (tertiary/aromatic N) is 1. The van der Waals surface area contributed by atoms with Crippen LogP contribution in [0.2, 0.25) is 0 Å². The lowest BCUT2D eigenvalue weighted by Gasteiger charge is -2.33. The van der Waals surface area contributed by atoms with Crippen molar-refractivity contribution in [2.24, 2.45) is 5.92 Å². The van der Waals surface area contributed by atoms with Gasteiger partial charge in [0, 0.05) is 30.9 Å². The molecule has 1 aliphatic rings. The predicted octanol–water partition coefficient (Wildman–Crippen LogP) is 4.59. The van der Waals surface area contributed by atoms with Crippen molar-refractivity contribution in [3.8, 4) is 0 Å². The average molecular weight is 288 g/mol. The fourth-order valence-corrected chi connectivity index (χ4v) is 3.08. The summed E-state index contributed by atoms with van der Waals surface area (Å²) in [6, 6.07) is 9.12. The van der Waals surface area contributed by atoms with Gasteiger partial charge in [-0.3, -0.25) is 0 Å². The summed E-state index contributed by atoms with van der Waals surface area (Å²) in [4.78, 5) is 2.55. The molecule has 1 aromatic rings. The summed E-state index contributed by atoms with van der Waals surface area (Å²) in [6.45, 7) is 12.3. The van der Waals surface area contributed by atoms with Gasteiger partial charge in [0.2, 0.25) is 0 Å². The lowest BCUT2D eigenvalue weighted by Crippen LogP contribution is -2.35. The van der Waals surface area contributed by atoms with E-state index in [-0.39, 0.29) is 5.54 Å². The molecule has 1 fully saturated rings. The van der Waals surface area contributed by atoms with Gasteiger partial charge in [0.1, 0.15) is 0 Å². The van der Waals surface area contributed by atoms with Crippen molar-refractivity contribution in [2.45, 2.75) is 65.5 Å². The smallest absolute Gasteiger partial charge is 0.0366 e. The van der Waals surface area contributed by atoms with Crippen LogP contribution in [0.3, 0.4) is 0 Å². The second-order valence-corrected chi connectivity index (χ2v) is 7.49. The molecule has 0 spiro atoms. The van der Waals surface area contributed by atoms with E-state index in [2.05, 4.69) is 62.2 Å². The summed E-state index contributed by atoms with van der Waals surface area (Å²) < 4.78 is 0. The Labute approximate surface area is 130 Å². The SMILES string of the molecule is CCCC1CCN(c2ccc(CNC(C)(C)C)cc2)CC1. The van der Waals surface area contributed by atoms with E-state index in [9.17, 15) is 0 Å². The van der Waals surface area contributed by atoms with E-state index in [0.29, 0.717) is 0 Å². The number of benzene rings is 1. The first-order valence-electron chi connectivity index (χ1n) is 8.57. The van der Waals surface area contributed by atoms with Crippen molar-refractivity contribution < 1.29 is 0 Å². The van der Waals surface area contributed by atoms with Crippen molar-refractivity contribution in [3.05, 3.63) is 29.8 Å². The number of hydrogen-bond donors (Lipinski definition) is 1. The van der Waals surface area contributed by atoms with Crippen molar-refractivity contribution in [1.29, 1.82) is 0 Å². The minimum atomic E-state index is 0.180. The van der Waals surface area contributed by atoms with Crippen LogP contribution in [0, 0.1) is 5.92 Å². The molecule has 0 aromatic heterocycles. The first-order chi connectivity index (χ1) is 9.98. The largest absolute Gasteiger partial charge is 0.372 e. The monoisotopic (exact) mass is 288 g/mol. The highest BCUT2D eigenvalue weighted by Crippen LogP contribution is 2.26. The van der Waals surface area contributed by atoms with Gasteiger partial charge in [0.15, 0.2) is 0 Å². The first kappa shape index (κ1) is 16.4. The second-order valence-electron chi connectivity index (χ2n) is 7.49. The highest BCUT2D eigenvalue weighted by atomic mass is 15.1. The van der Waals surface area contributed by atoms with Crippen LogP contribution in [0.25, 0.3) is 0 Å². The Morgan fingerprint density at radius 3 is 2.24 bits per heavy atom. The zero-order valence-corrected chi connectivity index (χ0v) is 14.3. The Hall–Kier alpha value is -1.02. The topological polar surface area (TPSA) is 15.3 Å². The Balaban J connectivity index is 1.85. The third-order valence-corrected chi connectivity index (χ3v) is 4.44. The molecule has 21 heavy (non-hydrogen) atoms. The molecule has 2 nitrogen and oxygen atoms in total. The maximum atomic E-state index is 3.54. The maximum Gasteiger partial charge on any atom is 0.0366 e. The van der Waals surface area contributed by atoms with Crippen LogP contribution in [0.15, 0.2) is 24.3 Å². The van der Waals surface area contributed by atoms with Crippen LogP contribution in [-0.2, 0) is 6.54 Å². The molecule has 118 valence electrons. The number of piperidine rings is 1. The van der Waals surface area contributed by atoms with E-state index in [1.54, 1.807) is 0 Å². The highest BCUT2D eigenvalue weighted by Gasteiger charge is 2.18. The average Bonchev–Trinajstić information content (AvgIpc) is 2.46. The van der Waals surface area contributed by atoms with Crippen LogP contribution < -0.4 is 10.2 Å². The summed E-state index contributed by atoms with van der Waals surface area (Å²) in [5, 5.41) is 3.54. The van der Waals surface area contributed by atoms with Gasteiger partial charge in [0.05, 0.1) is 0 Å². The molecular weight excluding hydrogens is 256 g/mol. The zero-order chi connectivity index (χ0) is 15.3. The van der Waals surface area contributed by atoms with Crippen molar-refractivity contribution in [2.75, 3.05) is 18.0 Å². The van der Waals surface area contributed by atoms with E-state index in [4.69, 9.17) is 0 Å². The number of hydrogen-bond acceptors (Lipinski definition) is 2.